The number of aromatic nitrogens is 3. The zero-order valence-electron chi connectivity index (χ0n) is 15.8. The predicted octanol–water partition coefficient (Wildman–Crippen LogP) is 4.00. The third-order valence-electron chi connectivity index (χ3n) is 4.06. The minimum atomic E-state index is -0.379. The van der Waals surface area contributed by atoms with Crippen molar-refractivity contribution in [3.8, 4) is 11.5 Å². The van der Waals surface area contributed by atoms with Crippen molar-refractivity contribution in [3.05, 3.63) is 65.7 Å². The molecular weight excluding hydrogens is 379 g/mol. The normalized spacial score (nSPS) is 11.0. The summed E-state index contributed by atoms with van der Waals surface area (Å²) >= 11 is 1.38. The van der Waals surface area contributed by atoms with E-state index in [1.807, 2.05) is 24.3 Å². The van der Waals surface area contributed by atoms with Crippen molar-refractivity contribution in [1.82, 2.24) is 14.9 Å². The molecule has 2 aromatic carbocycles. The fourth-order valence-corrected chi connectivity index (χ4v) is 3.14. The van der Waals surface area contributed by atoms with Crippen LogP contribution in [0.15, 0.2) is 53.7 Å². The van der Waals surface area contributed by atoms with Crippen LogP contribution in [0.2, 0.25) is 0 Å². The summed E-state index contributed by atoms with van der Waals surface area (Å²) in [5.41, 5.74) is 1.26. The highest BCUT2D eigenvalue weighted by Crippen LogP contribution is 2.21. The van der Waals surface area contributed by atoms with Gasteiger partial charge in [-0.15, -0.1) is 10.2 Å². The van der Waals surface area contributed by atoms with Gasteiger partial charge in [-0.2, -0.15) is 0 Å². The van der Waals surface area contributed by atoms with Gasteiger partial charge in [0.05, 0.1) is 6.61 Å². The Morgan fingerprint density at radius 1 is 1.07 bits per heavy atom. The first-order chi connectivity index (χ1) is 13.5. The first-order valence-corrected chi connectivity index (χ1v) is 9.95. The van der Waals surface area contributed by atoms with Gasteiger partial charge in [-0.05, 0) is 35.7 Å². The molecule has 0 bridgehead atoms. The fraction of sp³-hybridized carbons (Fsp3) is 0.300. The Morgan fingerprint density at radius 3 is 2.54 bits per heavy atom. The molecule has 0 unspecified atom stereocenters. The quantitative estimate of drug-likeness (QED) is 0.331. The summed E-state index contributed by atoms with van der Waals surface area (Å²) in [6, 6.07) is 14.3. The van der Waals surface area contributed by atoms with Crippen molar-refractivity contribution in [1.29, 1.82) is 0 Å². The van der Waals surface area contributed by atoms with Crippen molar-refractivity contribution < 1.29 is 13.9 Å². The number of para-hydroxylation sites is 1. The van der Waals surface area contributed by atoms with Gasteiger partial charge in [0.25, 0.3) is 0 Å². The van der Waals surface area contributed by atoms with E-state index >= 15 is 0 Å². The third-order valence-corrected chi connectivity index (χ3v) is 4.97. The highest BCUT2D eigenvalue weighted by atomic mass is 32.2. The summed E-state index contributed by atoms with van der Waals surface area (Å²) in [6.07, 6.45) is 0. The van der Waals surface area contributed by atoms with E-state index in [9.17, 15) is 4.39 Å². The average molecular weight is 402 g/mol. The number of rotatable bonds is 9. The summed E-state index contributed by atoms with van der Waals surface area (Å²) in [4.78, 5) is 0. The molecule has 0 aliphatic carbocycles. The first kappa shape index (κ1) is 20.0. The van der Waals surface area contributed by atoms with Crippen LogP contribution < -0.4 is 15.3 Å². The van der Waals surface area contributed by atoms with Gasteiger partial charge >= 0.3 is 0 Å². The van der Waals surface area contributed by atoms with Gasteiger partial charge in [0, 0.05) is 5.75 Å². The van der Waals surface area contributed by atoms with Crippen LogP contribution in [0.4, 0.5) is 4.39 Å². The molecule has 148 valence electrons. The molecule has 8 heteroatoms. The predicted molar refractivity (Wildman–Crippen MR) is 108 cm³/mol. The number of ether oxygens (including phenoxy) is 2. The van der Waals surface area contributed by atoms with E-state index in [1.165, 1.54) is 28.1 Å². The molecule has 0 aliphatic heterocycles. The monoisotopic (exact) mass is 402 g/mol. The van der Waals surface area contributed by atoms with Crippen LogP contribution in [-0.2, 0) is 6.61 Å². The Bertz CT molecular complexity index is 899. The van der Waals surface area contributed by atoms with Crippen LogP contribution in [0.25, 0.3) is 0 Å². The minimum absolute atomic E-state index is 0.219. The van der Waals surface area contributed by atoms with Crippen molar-refractivity contribution in [3.63, 3.8) is 0 Å². The molecule has 3 rings (SSSR count). The number of hydrogen-bond acceptors (Lipinski definition) is 6. The van der Waals surface area contributed by atoms with Crippen molar-refractivity contribution in [2.24, 2.45) is 0 Å². The van der Waals surface area contributed by atoms with Crippen molar-refractivity contribution in [2.75, 3.05) is 18.2 Å². The van der Waals surface area contributed by atoms with E-state index in [-0.39, 0.29) is 18.2 Å². The average Bonchev–Trinajstić information content (AvgIpc) is 3.05. The lowest BCUT2D eigenvalue weighted by molar-refractivity contribution is 0.291. The maximum atomic E-state index is 13.5. The van der Waals surface area contributed by atoms with Gasteiger partial charge < -0.3 is 15.3 Å². The number of halogens is 1. The number of nitrogens with zero attached hydrogens (tertiary/aromatic N) is 3. The van der Waals surface area contributed by atoms with Gasteiger partial charge in [-0.3, -0.25) is 0 Å². The van der Waals surface area contributed by atoms with Crippen LogP contribution in [0.3, 0.4) is 0 Å². The number of thioether (sulfide) groups is 1. The Labute approximate surface area is 167 Å². The highest BCUT2D eigenvalue weighted by molar-refractivity contribution is 7.99. The summed E-state index contributed by atoms with van der Waals surface area (Å²) in [7, 11) is 0. The van der Waals surface area contributed by atoms with Crippen LogP contribution in [0, 0.1) is 5.82 Å². The summed E-state index contributed by atoms with van der Waals surface area (Å²) < 4.78 is 26.1. The van der Waals surface area contributed by atoms with E-state index in [4.69, 9.17) is 15.3 Å². The molecule has 2 N–H and O–H groups in total. The van der Waals surface area contributed by atoms with E-state index in [0.717, 1.165) is 5.75 Å². The van der Waals surface area contributed by atoms with Gasteiger partial charge in [-0.1, -0.05) is 49.9 Å². The van der Waals surface area contributed by atoms with Gasteiger partial charge in [0.2, 0.25) is 5.16 Å². The SMILES string of the molecule is CC(C)c1ccc(OCc2nnc(SCCOc3ccccc3F)n2N)cc1. The van der Waals surface area contributed by atoms with E-state index < -0.39 is 0 Å². The van der Waals surface area contributed by atoms with E-state index in [1.54, 1.807) is 18.2 Å². The van der Waals surface area contributed by atoms with Crippen molar-refractivity contribution >= 4 is 11.8 Å². The molecule has 6 nitrogen and oxygen atoms in total. The van der Waals surface area contributed by atoms with E-state index in [2.05, 4.69) is 24.0 Å². The molecule has 0 amide bonds. The van der Waals surface area contributed by atoms with Gasteiger partial charge in [0.15, 0.2) is 17.4 Å². The standard InChI is InChI=1S/C20H23FN4O2S/c1-14(2)15-7-9-16(10-8-15)27-13-19-23-24-20(25(19)22)28-12-11-26-18-6-4-3-5-17(18)21/h3-10,14H,11-13,22H2,1-2H3. The maximum Gasteiger partial charge on any atom is 0.210 e. The second kappa shape index (κ2) is 9.45. The van der Waals surface area contributed by atoms with Crippen LogP contribution in [0.5, 0.6) is 11.5 Å². The van der Waals surface area contributed by atoms with Crippen LogP contribution in [-0.4, -0.2) is 27.2 Å². The molecule has 1 heterocycles. The lowest BCUT2D eigenvalue weighted by Crippen LogP contribution is -2.16. The summed E-state index contributed by atoms with van der Waals surface area (Å²) in [6.45, 7) is 4.84. The molecule has 0 atom stereocenters. The molecule has 0 aliphatic rings. The molecular formula is C20H23FN4O2S. The van der Waals surface area contributed by atoms with Crippen LogP contribution in [0.1, 0.15) is 31.2 Å². The van der Waals surface area contributed by atoms with Crippen molar-refractivity contribution in [2.45, 2.75) is 31.5 Å². The van der Waals surface area contributed by atoms with Crippen LogP contribution >= 0.6 is 11.8 Å². The minimum Gasteiger partial charge on any atom is -0.490 e. The number of nitrogen functional groups attached to an aromatic ring is 1. The Balaban J connectivity index is 1.47. The third kappa shape index (κ3) is 5.16. The molecule has 1 aromatic heterocycles. The number of benzene rings is 2. The largest absolute Gasteiger partial charge is 0.490 e. The van der Waals surface area contributed by atoms with Gasteiger partial charge in [0.1, 0.15) is 12.4 Å². The zero-order valence-corrected chi connectivity index (χ0v) is 16.7. The van der Waals surface area contributed by atoms with E-state index in [0.29, 0.717) is 29.3 Å². The Kier molecular flexibility index (Phi) is 6.76. The lowest BCUT2D eigenvalue weighted by Gasteiger charge is -2.09. The Morgan fingerprint density at radius 2 is 1.82 bits per heavy atom. The zero-order chi connectivity index (χ0) is 19.9. The fourth-order valence-electron chi connectivity index (χ4n) is 2.45. The van der Waals surface area contributed by atoms with Gasteiger partial charge in [-0.25, -0.2) is 9.07 Å². The second-order valence-electron chi connectivity index (χ2n) is 6.41. The number of nitrogens with two attached hydrogens (primary N) is 1. The molecule has 0 spiro atoms. The molecule has 0 saturated heterocycles. The molecule has 0 saturated carbocycles. The summed E-state index contributed by atoms with van der Waals surface area (Å²) in [5, 5.41) is 8.68. The Hall–Kier alpha value is -2.74. The summed E-state index contributed by atoms with van der Waals surface area (Å²) in [5.74, 6) is 8.19. The maximum absolute atomic E-state index is 13.5. The first-order valence-electron chi connectivity index (χ1n) is 8.97. The molecule has 0 fully saturated rings. The molecule has 0 radical (unpaired) electrons. The molecule has 28 heavy (non-hydrogen) atoms. The molecule has 3 aromatic rings. The lowest BCUT2D eigenvalue weighted by atomic mass is 10.0. The number of hydrogen-bond donors (Lipinski definition) is 1. The second-order valence-corrected chi connectivity index (χ2v) is 7.47. The highest BCUT2D eigenvalue weighted by Gasteiger charge is 2.11. The topological polar surface area (TPSA) is 75.2 Å². The smallest absolute Gasteiger partial charge is 0.210 e.